The van der Waals surface area contributed by atoms with Crippen LogP contribution >= 0.6 is 0 Å². The van der Waals surface area contributed by atoms with Crippen LogP contribution in [0.25, 0.3) is 27.5 Å². The molecule has 6 heteroatoms. The van der Waals surface area contributed by atoms with Gasteiger partial charge in [0.25, 0.3) is 0 Å². The van der Waals surface area contributed by atoms with Crippen molar-refractivity contribution in [2.24, 2.45) is 0 Å². The molecule has 1 aliphatic rings. The highest BCUT2D eigenvalue weighted by Gasteiger charge is 2.32. The molecule has 5 rings (SSSR count). The van der Waals surface area contributed by atoms with Crippen LogP contribution in [0.4, 0.5) is 0 Å². The molecule has 0 spiro atoms. The first-order chi connectivity index (χ1) is 14.0. The van der Waals surface area contributed by atoms with Crippen molar-refractivity contribution < 1.29 is 23.6 Å². The lowest BCUT2D eigenvalue weighted by Gasteiger charge is -2.17. The Labute approximate surface area is 165 Å². The minimum Gasteiger partial charge on any atom is -0.455 e. The average Bonchev–Trinajstić information content (AvgIpc) is 3.14. The highest BCUT2D eigenvalue weighted by Crippen LogP contribution is 2.44. The van der Waals surface area contributed by atoms with Crippen LogP contribution in [0.3, 0.4) is 0 Å². The molecule has 0 aliphatic heterocycles. The molecule has 0 bridgehead atoms. The van der Waals surface area contributed by atoms with Crippen molar-refractivity contribution in [2.75, 3.05) is 0 Å². The van der Waals surface area contributed by atoms with Gasteiger partial charge in [-0.1, -0.05) is 47.1 Å². The molecule has 1 aromatic heterocycles. The topological polar surface area (TPSA) is 78.6 Å². The molecule has 0 saturated carbocycles. The van der Waals surface area contributed by atoms with Gasteiger partial charge in [0, 0.05) is 23.8 Å². The largest absolute Gasteiger partial charge is 0.455 e. The number of benzene rings is 3. The zero-order valence-electron chi connectivity index (χ0n) is 15.7. The number of hydrogen-bond donors (Lipinski definition) is 0. The molecule has 0 N–H and O–H groups in total. The second-order valence-corrected chi connectivity index (χ2v) is 6.87. The summed E-state index contributed by atoms with van der Waals surface area (Å²) in [4.78, 5) is 24.8. The number of nitrogens with zero attached hydrogens (tertiary/aromatic N) is 1. The van der Waals surface area contributed by atoms with Gasteiger partial charge in [0.05, 0.1) is 10.9 Å². The summed E-state index contributed by atoms with van der Waals surface area (Å²) in [7, 11) is 0. The molecule has 0 radical (unpaired) electrons. The molecule has 0 unspecified atom stereocenters. The van der Waals surface area contributed by atoms with E-state index in [9.17, 15) is 9.59 Å². The number of carbonyl (C=O) groups is 2. The minimum absolute atomic E-state index is 0.209. The molecule has 29 heavy (non-hydrogen) atoms. The van der Waals surface area contributed by atoms with Crippen LogP contribution in [-0.4, -0.2) is 16.9 Å². The quantitative estimate of drug-likeness (QED) is 0.371. The molecule has 0 amide bonds. The van der Waals surface area contributed by atoms with Gasteiger partial charge in [-0.15, -0.1) is 0 Å². The van der Waals surface area contributed by atoms with Gasteiger partial charge in [0.2, 0.25) is 0 Å². The second-order valence-electron chi connectivity index (χ2n) is 6.87. The summed E-state index contributed by atoms with van der Waals surface area (Å²) in [5, 5.41) is 5.95. The molecule has 3 aromatic carbocycles. The lowest BCUT2D eigenvalue weighted by molar-refractivity contribution is -0.131. The first-order valence-corrected chi connectivity index (χ1v) is 9.06. The number of ether oxygens (including phenoxy) is 2. The van der Waals surface area contributed by atoms with Crippen LogP contribution in [0, 0.1) is 6.92 Å². The zero-order chi connectivity index (χ0) is 20.1. The van der Waals surface area contributed by atoms with E-state index in [0.29, 0.717) is 33.2 Å². The van der Waals surface area contributed by atoms with Crippen LogP contribution in [0.2, 0.25) is 0 Å². The summed E-state index contributed by atoms with van der Waals surface area (Å²) in [5.41, 5.74) is 2.20. The van der Waals surface area contributed by atoms with E-state index in [-0.39, 0.29) is 22.9 Å². The van der Waals surface area contributed by atoms with Gasteiger partial charge in [-0.25, -0.2) is 0 Å². The summed E-state index contributed by atoms with van der Waals surface area (Å²) in [6.45, 7) is 3.28. The SMILES string of the molecule is CC(=O)Oc1c2c3c(noc3c3ccccc13)C(Oc1ccc(C)cc1)=CC2=O. The van der Waals surface area contributed by atoms with E-state index in [2.05, 4.69) is 5.16 Å². The predicted octanol–water partition coefficient (Wildman–Crippen LogP) is 4.83. The Morgan fingerprint density at radius 3 is 2.48 bits per heavy atom. The highest BCUT2D eigenvalue weighted by molar-refractivity contribution is 6.27. The average molecular weight is 385 g/mol. The standard InChI is InChI=1S/C23H15NO5/c1-12-7-9-14(10-8-12)28-18-11-17(26)19-20-21(18)24-29-23(20)16-6-4-3-5-15(16)22(19)27-13(2)25/h3-11H,1-2H3. The van der Waals surface area contributed by atoms with Crippen LogP contribution in [-0.2, 0) is 4.79 Å². The Morgan fingerprint density at radius 1 is 1.03 bits per heavy atom. The molecule has 0 fully saturated rings. The van der Waals surface area contributed by atoms with Gasteiger partial charge < -0.3 is 14.0 Å². The smallest absolute Gasteiger partial charge is 0.308 e. The van der Waals surface area contributed by atoms with Crippen molar-refractivity contribution in [3.05, 3.63) is 71.4 Å². The fraction of sp³-hybridized carbons (Fsp3) is 0.0870. The number of ketones is 1. The number of rotatable bonds is 3. The number of allylic oxidation sites excluding steroid dienone is 1. The Bertz CT molecular complexity index is 1350. The molecule has 142 valence electrons. The summed E-state index contributed by atoms with van der Waals surface area (Å²) in [5.74, 6) is 0.224. The van der Waals surface area contributed by atoms with Crippen molar-refractivity contribution in [2.45, 2.75) is 13.8 Å². The van der Waals surface area contributed by atoms with Crippen LogP contribution < -0.4 is 9.47 Å². The van der Waals surface area contributed by atoms with Crippen LogP contribution in [0.15, 0.2) is 59.1 Å². The first kappa shape index (κ1) is 17.2. The second kappa shape index (κ2) is 6.31. The van der Waals surface area contributed by atoms with Gasteiger partial charge >= 0.3 is 5.97 Å². The van der Waals surface area contributed by atoms with E-state index in [0.717, 1.165) is 5.56 Å². The molecule has 1 aliphatic carbocycles. The van der Waals surface area contributed by atoms with E-state index >= 15 is 0 Å². The Kier molecular flexibility index (Phi) is 3.74. The van der Waals surface area contributed by atoms with E-state index in [4.69, 9.17) is 14.0 Å². The lowest BCUT2D eigenvalue weighted by Crippen LogP contribution is -2.12. The van der Waals surface area contributed by atoms with E-state index in [1.807, 2.05) is 43.3 Å². The van der Waals surface area contributed by atoms with Crippen molar-refractivity contribution >= 4 is 39.3 Å². The maximum atomic E-state index is 13.1. The maximum Gasteiger partial charge on any atom is 0.308 e. The third-order valence-electron chi connectivity index (χ3n) is 4.82. The highest BCUT2D eigenvalue weighted by atomic mass is 16.5. The summed E-state index contributed by atoms with van der Waals surface area (Å²) in [6.07, 6.45) is 1.35. The van der Waals surface area contributed by atoms with Gasteiger partial charge in [-0.05, 0) is 19.1 Å². The van der Waals surface area contributed by atoms with E-state index in [1.54, 1.807) is 12.1 Å². The summed E-state index contributed by atoms with van der Waals surface area (Å²) >= 11 is 0. The lowest BCUT2D eigenvalue weighted by atomic mass is 9.92. The fourth-order valence-electron chi connectivity index (χ4n) is 3.56. The van der Waals surface area contributed by atoms with Crippen molar-refractivity contribution in [3.63, 3.8) is 0 Å². The Hall–Kier alpha value is -3.93. The maximum absolute atomic E-state index is 13.1. The van der Waals surface area contributed by atoms with Crippen LogP contribution in [0.5, 0.6) is 11.5 Å². The molecule has 4 aromatic rings. The molecular weight excluding hydrogens is 370 g/mol. The van der Waals surface area contributed by atoms with Crippen molar-refractivity contribution in [1.82, 2.24) is 5.16 Å². The first-order valence-electron chi connectivity index (χ1n) is 9.06. The summed E-state index contributed by atoms with van der Waals surface area (Å²) in [6, 6.07) is 14.7. The van der Waals surface area contributed by atoms with Gasteiger partial charge in [0.15, 0.2) is 28.6 Å². The van der Waals surface area contributed by atoms with E-state index in [1.165, 1.54) is 13.0 Å². The molecular formula is C23H15NO5. The Balaban J connectivity index is 1.76. The minimum atomic E-state index is -0.512. The fourth-order valence-corrected chi connectivity index (χ4v) is 3.56. The van der Waals surface area contributed by atoms with Crippen molar-refractivity contribution in [1.29, 1.82) is 0 Å². The molecule has 0 saturated heterocycles. The van der Waals surface area contributed by atoms with Gasteiger partial charge in [-0.2, -0.15) is 0 Å². The van der Waals surface area contributed by atoms with Crippen LogP contribution in [0.1, 0.15) is 28.5 Å². The summed E-state index contributed by atoms with van der Waals surface area (Å²) < 4.78 is 17.0. The number of hydrogen-bond acceptors (Lipinski definition) is 6. The third kappa shape index (κ3) is 2.69. The predicted molar refractivity (Wildman–Crippen MR) is 107 cm³/mol. The molecule has 6 nitrogen and oxygen atoms in total. The zero-order valence-corrected chi connectivity index (χ0v) is 15.7. The van der Waals surface area contributed by atoms with E-state index < -0.39 is 5.97 Å². The van der Waals surface area contributed by atoms with Gasteiger partial charge in [-0.3, -0.25) is 9.59 Å². The number of esters is 1. The van der Waals surface area contributed by atoms with Crippen molar-refractivity contribution in [3.8, 4) is 11.5 Å². The normalized spacial score (nSPS) is 12.9. The number of aromatic nitrogens is 1. The monoisotopic (exact) mass is 385 g/mol. The number of aryl methyl sites for hydroxylation is 1. The van der Waals surface area contributed by atoms with Gasteiger partial charge in [0.1, 0.15) is 5.75 Å². The number of carbonyl (C=O) groups excluding carboxylic acids is 2. The number of fused-ring (bicyclic) bond motifs is 2. The molecule has 0 atom stereocenters. The molecule has 1 heterocycles. The Morgan fingerprint density at radius 2 is 1.76 bits per heavy atom. The third-order valence-corrected chi connectivity index (χ3v) is 4.82.